The van der Waals surface area contributed by atoms with Gasteiger partial charge in [0.2, 0.25) is 29.5 Å². The highest BCUT2D eigenvalue weighted by Gasteiger charge is 2.47. The van der Waals surface area contributed by atoms with Crippen molar-refractivity contribution in [3.63, 3.8) is 0 Å². The number of esters is 4. The van der Waals surface area contributed by atoms with E-state index < -0.39 is 167 Å². The number of nitrogens with two attached hydrogens (primary N) is 2. The molecule has 0 aliphatic carbocycles. The second-order valence-electron chi connectivity index (χ2n) is 36.7. The Morgan fingerprint density at radius 1 is 0.423 bits per heavy atom. The van der Waals surface area contributed by atoms with Crippen LogP contribution in [0.2, 0.25) is 0 Å². The maximum absolute atomic E-state index is 15.2. The number of likely N-dealkylation sites (tertiary alicyclic amines) is 4. The van der Waals surface area contributed by atoms with Gasteiger partial charge in [-0.05, 0) is 202 Å². The van der Waals surface area contributed by atoms with Gasteiger partial charge in [0.05, 0.1) is 67.1 Å². The van der Waals surface area contributed by atoms with Crippen LogP contribution in [0.3, 0.4) is 0 Å². The number of hydrogen-bond acceptors (Lipinski definition) is 20. The molecule has 4 aliphatic rings. The van der Waals surface area contributed by atoms with Gasteiger partial charge in [-0.15, -0.1) is 0 Å². The molecule has 0 bridgehead atoms. The molecule has 14 atom stereocenters. The van der Waals surface area contributed by atoms with E-state index in [9.17, 15) is 66.3 Å². The molecule has 12 rings (SSSR count). The van der Waals surface area contributed by atoms with Crippen LogP contribution in [0.4, 0.5) is 27.2 Å². The van der Waals surface area contributed by atoms with Crippen molar-refractivity contribution in [2.45, 2.75) is 284 Å². The number of benzene rings is 4. The number of carbonyl (C=O) groups is 12. The Morgan fingerprint density at radius 2 is 0.700 bits per heavy atom. The Labute approximate surface area is 752 Å². The Bertz CT molecular complexity index is 5260. The molecule has 4 aliphatic heterocycles. The van der Waals surface area contributed by atoms with Crippen LogP contribution in [0, 0.1) is 29.2 Å². The number of Topliss-reactive ketones (excluding diaryl/α,β-unsaturated/α-hetero) is 1. The minimum absolute atomic E-state index is 0.00913. The van der Waals surface area contributed by atoms with Crippen molar-refractivity contribution in [3.05, 3.63) is 118 Å². The molecule has 4 fully saturated rings. The van der Waals surface area contributed by atoms with Gasteiger partial charge in [0.1, 0.15) is 71.0 Å². The van der Waals surface area contributed by atoms with Crippen molar-refractivity contribution in [2.75, 3.05) is 40.3 Å². The quantitative estimate of drug-likeness (QED) is 0.0130. The lowest BCUT2D eigenvalue weighted by Gasteiger charge is -2.31. The first kappa shape index (κ1) is 98.7. The van der Waals surface area contributed by atoms with E-state index in [1.807, 2.05) is 13.8 Å². The Hall–Kier alpha value is -11.9. The lowest BCUT2D eigenvalue weighted by atomic mass is 9.93. The van der Waals surface area contributed by atoms with Crippen LogP contribution in [0.1, 0.15) is 191 Å². The molecular formula is C95H123F4N13O18. The highest BCUT2D eigenvalue weighted by atomic mass is 19.1. The molecule has 0 radical (unpaired) electrons. The number of rotatable bonds is 29. The minimum atomic E-state index is -1.06. The van der Waals surface area contributed by atoms with E-state index >= 15 is 8.78 Å². The van der Waals surface area contributed by atoms with E-state index in [2.05, 4.69) is 25.3 Å². The molecule has 4 saturated heterocycles. The Balaban J connectivity index is 0.000000271. The highest BCUT2D eigenvalue weighted by Crippen LogP contribution is 2.44. The van der Waals surface area contributed by atoms with Crippen LogP contribution >= 0.6 is 0 Å². The van der Waals surface area contributed by atoms with E-state index in [-0.39, 0.29) is 94.6 Å². The number of nitrogens with one attached hydrogen (secondary N) is 5. The van der Waals surface area contributed by atoms with E-state index in [0.29, 0.717) is 105 Å². The number of hydrogen-bond donors (Lipinski definition) is 7. The Kier molecular flexibility index (Phi) is 31.2. The van der Waals surface area contributed by atoms with Gasteiger partial charge < -0.3 is 89.6 Å². The third kappa shape index (κ3) is 23.1. The van der Waals surface area contributed by atoms with Crippen LogP contribution in [0.15, 0.2) is 72.8 Å². The van der Waals surface area contributed by atoms with Crippen LogP contribution in [0.25, 0.3) is 66.4 Å². The second-order valence-corrected chi connectivity index (χ2v) is 36.7. The van der Waals surface area contributed by atoms with Gasteiger partial charge in [-0.3, -0.25) is 52.8 Å². The highest BCUT2D eigenvalue weighted by molar-refractivity contribution is 6.00. The van der Waals surface area contributed by atoms with Gasteiger partial charge in [-0.2, -0.15) is 0 Å². The number of H-pyrrole nitrogens is 4. The topological polar surface area (TPSA) is 407 Å². The van der Waals surface area contributed by atoms with E-state index in [4.69, 9.17) is 39.9 Å². The molecule has 8 aromatic rings. The SMILES string of the molecule is CC[C@H](CC(=O)[C@H](C)N(C)C(=O)OC(C)(C)C)C(=O)N1C[C@@H](OC(C)=O)C[C@H]1Cc1c(-c2[nH]c3cc(F)ccc3c2C[C@@H]2C[C@H](OC(C)=O)CN2C(=O)[C@H](CC)NC(=O)[C@H](C)N(C)C(=O)OC(C)(C)C)[nH]c2cc(F)ccc12.CC[C@H](N)C(=O)N1C[C@@H](OC(C)=O)C[C@H]1Cc1c(-c2[nH]c3cc(F)ccc3c2C[C@@H]2C[C@H](OC(C)=O)CN2C(=O)[C@@H](N)CC)[nH]c2cc(F)ccc12. The number of likely N-dealkylation sites (N-methyl/N-ethyl adjacent to an activating group) is 2. The van der Waals surface area contributed by atoms with Crippen molar-refractivity contribution in [3.8, 4) is 22.8 Å². The molecule has 35 heteroatoms. The first-order chi connectivity index (χ1) is 61.2. The van der Waals surface area contributed by atoms with E-state index in [0.717, 1.165) is 26.8 Å². The number of ketones is 1. The van der Waals surface area contributed by atoms with Crippen molar-refractivity contribution in [2.24, 2.45) is 17.4 Å². The molecular weight excluding hydrogens is 1690 g/mol. The predicted molar refractivity (Wildman–Crippen MR) is 478 cm³/mol. The van der Waals surface area contributed by atoms with Gasteiger partial charge in [0.25, 0.3) is 0 Å². The van der Waals surface area contributed by atoms with Gasteiger partial charge >= 0.3 is 36.1 Å². The van der Waals surface area contributed by atoms with Crippen LogP contribution in [0.5, 0.6) is 0 Å². The zero-order valence-corrected chi connectivity index (χ0v) is 77.2. The summed E-state index contributed by atoms with van der Waals surface area (Å²) in [6.45, 7) is 26.1. The number of halogens is 4. The summed E-state index contributed by atoms with van der Waals surface area (Å²) in [7, 11) is 2.89. The van der Waals surface area contributed by atoms with Gasteiger partial charge in [-0.1, -0.05) is 27.7 Å². The number of aromatic amines is 4. The van der Waals surface area contributed by atoms with Crippen molar-refractivity contribution in [1.82, 2.24) is 54.7 Å². The monoisotopic (exact) mass is 1810 g/mol. The number of nitrogens with zero attached hydrogens (tertiary/aromatic N) is 6. The van der Waals surface area contributed by atoms with Gasteiger partial charge in [-0.25, -0.2) is 27.2 Å². The summed E-state index contributed by atoms with van der Waals surface area (Å²) in [5, 5.41) is 5.45. The van der Waals surface area contributed by atoms with Gasteiger partial charge in [0, 0.05) is 148 Å². The largest absolute Gasteiger partial charge is 0.461 e. The van der Waals surface area contributed by atoms with Gasteiger partial charge in [0.15, 0.2) is 5.78 Å². The third-order valence-corrected chi connectivity index (χ3v) is 24.9. The summed E-state index contributed by atoms with van der Waals surface area (Å²) >= 11 is 0. The summed E-state index contributed by atoms with van der Waals surface area (Å²) in [6, 6.07) is 10.8. The van der Waals surface area contributed by atoms with Crippen molar-refractivity contribution < 1.29 is 104 Å². The van der Waals surface area contributed by atoms with Crippen LogP contribution in [-0.2, 0) is 102 Å². The molecule has 9 N–H and O–H groups in total. The van der Waals surface area contributed by atoms with E-state index in [1.165, 1.54) is 102 Å². The molecule has 7 amide bonds. The summed E-state index contributed by atoms with van der Waals surface area (Å²) in [5.41, 5.74) is 17.6. The summed E-state index contributed by atoms with van der Waals surface area (Å²) in [4.78, 5) is 181. The molecule has 8 heterocycles. The summed E-state index contributed by atoms with van der Waals surface area (Å²) in [5.74, 6) is -7.06. The molecule has 0 unspecified atom stereocenters. The molecule has 0 spiro atoms. The first-order valence-electron chi connectivity index (χ1n) is 44.5. The minimum Gasteiger partial charge on any atom is -0.461 e. The van der Waals surface area contributed by atoms with Crippen molar-refractivity contribution in [1.29, 1.82) is 0 Å². The smallest absolute Gasteiger partial charge is 0.410 e. The fourth-order valence-electron chi connectivity index (χ4n) is 18.2. The fraction of sp³-hybridized carbons (Fsp3) is 0.537. The number of carbonyl (C=O) groups excluding carboxylic acids is 12. The fourth-order valence-corrected chi connectivity index (χ4v) is 18.2. The Morgan fingerprint density at radius 3 is 0.962 bits per heavy atom. The molecule has 31 nitrogen and oxygen atoms in total. The summed E-state index contributed by atoms with van der Waals surface area (Å²) in [6.07, 6.45) is -0.793. The number of amides is 7. The maximum Gasteiger partial charge on any atom is 0.410 e. The lowest BCUT2D eigenvalue weighted by Crippen LogP contribution is -2.55. The molecule has 4 aromatic carbocycles. The predicted octanol–water partition coefficient (Wildman–Crippen LogP) is 12.4. The number of aromatic nitrogens is 4. The van der Waals surface area contributed by atoms with Crippen LogP contribution < -0.4 is 16.8 Å². The second kappa shape index (κ2) is 41.1. The number of ether oxygens (including phenoxy) is 6. The molecule has 704 valence electrons. The molecule has 130 heavy (non-hydrogen) atoms. The normalized spacial score (nSPS) is 20.2. The molecule has 4 aromatic heterocycles. The standard InChI is InChI=1S/C57H77F2N7O12.C38H46F2N6O6/c1-15-34(21-48(69)30(3)63(13)54(73)77-56(7,8)9)52(71)65-28-39(75-32(5)67)24-37(65)26-43-41-19-17-35(58)22-46(41)60-49(43)50-44(42-20-18-36(59)23-47(42)61-50)27-38-25-40(76-33(6)68)29-66(38)53(72)45(16-2)62-51(70)31(4)64(14)55(74)78-57(10,11)12;1-5-31(41)37(49)45-17-25(51-19(3)47)13-23(45)15-29-27-9-7-21(39)11-33(27)43-35(29)36-30(28-10-8-22(40)12-34(28)44-36)16-24-14-26(52-20(4)48)18-46(24)38(50)32(42)6-2/h17-20,22-23,30-31,34,37-40,45,60-61H,15-16,21,24-29H2,1-14H3,(H,62,70);7-12,23-26,31-32,43-44H,5-6,13-18,41-42H2,1-4H3/t30-,31-,34+,37-,38-,39-,40-,45-;23-,24-,25-,26-,31-,32-/m00/s1. The maximum atomic E-state index is 15.2. The van der Waals surface area contributed by atoms with Crippen molar-refractivity contribution >= 4 is 115 Å². The number of fused-ring (bicyclic) bond motifs is 4. The average Bonchev–Trinajstić information content (AvgIpc) is 1.59. The zero-order valence-electron chi connectivity index (χ0n) is 77.2. The zero-order chi connectivity index (χ0) is 95.3. The van der Waals surface area contributed by atoms with Crippen LogP contribution in [-0.4, -0.2) is 251 Å². The summed E-state index contributed by atoms with van der Waals surface area (Å²) < 4.78 is 93.2. The van der Waals surface area contributed by atoms with E-state index in [1.54, 1.807) is 106 Å². The average molecular weight is 1810 g/mol. The first-order valence-corrected chi connectivity index (χ1v) is 44.5. The molecule has 0 saturated carbocycles. The third-order valence-electron chi connectivity index (χ3n) is 24.9. The lowest BCUT2D eigenvalue weighted by molar-refractivity contribution is -0.147.